The van der Waals surface area contributed by atoms with Crippen molar-refractivity contribution in [3.8, 4) is 5.75 Å². The Kier molecular flexibility index (Phi) is 5.00. The van der Waals surface area contributed by atoms with Gasteiger partial charge in [0.1, 0.15) is 0 Å². The van der Waals surface area contributed by atoms with Gasteiger partial charge >= 0.3 is 5.69 Å². The fraction of sp³-hybridized carbons (Fsp3) is 0.200. The number of hydrogen-bond donors (Lipinski definition) is 3. The smallest absolute Gasteiger partial charge is 0.311 e. The maximum Gasteiger partial charge on any atom is 0.311 e. The van der Waals surface area contributed by atoms with Crippen molar-refractivity contribution in [1.82, 2.24) is 10.7 Å². The topological polar surface area (TPSA) is 99.8 Å². The zero-order valence-electron chi connectivity index (χ0n) is 9.58. The first kappa shape index (κ1) is 13.8. The van der Waals surface area contributed by atoms with Crippen LogP contribution in [0, 0.1) is 10.1 Å². The number of nitrogens with zero attached hydrogens (tertiary/aromatic N) is 2. The minimum absolute atomic E-state index is 0.363. The van der Waals surface area contributed by atoms with Gasteiger partial charge in [-0.25, -0.2) is 0 Å². The molecular weight excluding hydrogens is 256 g/mol. The molecule has 0 fully saturated rings. The molecule has 1 rings (SSSR count). The second kappa shape index (κ2) is 6.50. The maximum atomic E-state index is 10.6. The first-order chi connectivity index (χ1) is 8.54. The summed E-state index contributed by atoms with van der Waals surface area (Å²) in [6, 6.07) is 3.96. The molecule has 1 aromatic carbocycles. The Morgan fingerprint density at radius 1 is 1.67 bits per heavy atom. The second-order valence-electron chi connectivity index (χ2n) is 3.23. The number of nitro groups is 1. The molecule has 0 radical (unpaired) electrons. The molecule has 0 aliphatic heterocycles. The number of benzene rings is 1. The van der Waals surface area contributed by atoms with Crippen LogP contribution in [0.2, 0.25) is 0 Å². The minimum atomic E-state index is -0.663. The molecule has 0 amide bonds. The summed E-state index contributed by atoms with van der Waals surface area (Å²) in [5.41, 5.74) is 2.66. The van der Waals surface area contributed by atoms with Crippen LogP contribution in [0.15, 0.2) is 23.3 Å². The van der Waals surface area contributed by atoms with Gasteiger partial charge in [-0.05, 0) is 31.3 Å². The van der Waals surface area contributed by atoms with Crippen molar-refractivity contribution in [2.75, 3.05) is 6.54 Å². The van der Waals surface area contributed by atoms with Crippen LogP contribution in [-0.4, -0.2) is 27.9 Å². The summed E-state index contributed by atoms with van der Waals surface area (Å²) in [5.74, 6) is -0.381. The van der Waals surface area contributed by atoms with E-state index >= 15 is 0 Å². The maximum absolute atomic E-state index is 10.6. The van der Waals surface area contributed by atoms with Gasteiger partial charge in [-0.1, -0.05) is 0 Å². The van der Waals surface area contributed by atoms with Crippen molar-refractivity contribution < 1.29 is 10.0 Å². The number of aromatic hydroxyl groups is 1. The van der Waals surface area contributed by atoms with E-state index in [9.17, 15) is 15.2 Å². The van der Waals surface area contributed by atoms with Gasteiger partial charge < -0.3 is 10.4 Å². The zero-order chi connectivity index (χ0) is 13.5. The van der Waals surface area contributed by atoms with Crippen molar-refractivity contribution >= 4 is 29.2 Å². The highest BCUT2D eigenvalue weighted by molar-refractivity contribution is 7.80. The van der Waals surface area contributed by atoms with Gasteiger partial charge in [-0.2, -0.15) is 5.10 Å². The predicted molar refractivity (Wildman–Crippen MR) is 71.8 cm³/mol. The number of rotatable bonds is 4. The molecule has 0 spiro atoms. The second-order valence-corrected chi connectivity index (χ2v) is 3.64. The number of phenolic OH excluding ortho intramolecular Hbond substituents is 1. The largest absolute Gasteiger partial charge is 0.502 e. The number of nitrogens with one attached hydrogen (secondary N) is 2. The molecule has 18 heavy (non-hydrogen) atoms. The number of thiocarbonyl (C=S) groups is 1. The van der Waals surface area contributed by atoms with Crippen molar-refractivity contribution in [1.29, 1.82) is 0 Å². The molecule has 1 aromatic rings. The fourth-order valence-electron chi connectivity index (χ4n) is 1.13. The average molecular weight is 268 g/mol. The third kappa shape index (κ3) is 3.98. The van der Waals surface area contributed by atoms with Crippen molar-refractivity contribution in [2.45, 2.75) is 6.92 Å². The monoisotopic (exact) mass is 268 g/mol. The van der Waals surface area contributed by atoms with Crippen LogP contribution in [0.25, 0.3) is 0 Å². The van der Waals surface area contributed by atoms with E-state index in [4.69, 9.17) is 12.2 Å². The third-order valence-electron chi connectivity index (χ3n) is 1.91. The first-order valence-electron chi connectivity index (χ1n) is 5.09. The van der Waals surface area contributed by atoms with Gasteiger partial charge in [0.25, 0.3) is 0 Å². The van der Waals surface area contributed by atoms with Crippen molar-refractivity contribution in [3.05, 3.63) is 33.9 Å². The number of nitro benzene ring substituents is 1. The van der Waals surface area contributed by atoms with Gasteiger partial charge in [0.05, 0.1) is 11.1 Å². The molecule has 7 nitrogen and oxygen atoms in total. The van der Waals surface area contributed by atoms with Crippen LogP contribution in [0.5, 0.6) is 5.75 Å². The highest BCUT2D eigenvalue weighted by Gasteiger charge is 2.12. The number of hydrazone groups is 1. The van der Waals surface area contributed by atoms with E-state index in [0.29, 0.717) is 17.2 Å². The van der Waals surface area contributed by atoms with Crippen LogP contribution in [0.4, 0.5) is 5.69 Å². The summed E-state index contributed by atoms with van der Waals surface area (Å²) in [6.07, 6.45) is 1.37. The van der Waals surface area contributed by atoms with E-state index in [-0.39, 0.29) is 11.4 Å². The summed E-state index contributed by atoms with van der Waals surface area (Å²) in [7, 11) is 0. The molecule has 0 heterocycles. The number of phenols is 1. The van der Waals surface area contributed by atoms with Crippen LogP contribution in [-0.2, 0) is 0 Å². The quantitative estimate of drug-likeness (QED) is 0.327. The third-order valence-corrected chi connectivity index (χ3v) is 2.15. The molecule has 8 heteroatoms. The molecule has 0 aliphatic rings. The van der Waals surface area contributed by atoms with E-state index in [1.807, 2.05) is 6.92 Å². The average Bonchev–Trinajstić information content (AvgIpc) is 2.31. The molecular formula is C10H12N4O3S. The van der Waals surface area contributed by atoms with Crippen LogP contribution in [0.1, 0.15) is 12.5 Å². The van der Waals surface area contributed by atoms with Gasteiger partial charge in [0.2, 0.25) is 0 Å². The minimum Gasteiger partial charge on any atom is -0.502 e. The Morgan fingerprint density at radius 3 is 3.00 bits per heavy atom. The highest BCUT2D eigenvalue weighted by Crippen LogP contribution is 2.25. The van der Waals surface area contributed by atoms with Crippen molar-refractivity contribution in [3.63, 3.8) is 0 Å². The highest BCUT2D eigenvalue weighted by atomic mass is 32.1. The van der Waals surface area contributed by atoms with E-state index < -0.39 is 4.92 Å². The summed E-state index contributed by atoms with van der Waals surface area (Å²) < 4.78 is 0. The zero-order valence-corrected chi connectivity index (χ0v) is 10.4. The first-order valence-corrected chi connectivity index (χ1v) is 5.49. The normalized spacial score (nSPS) is 10.3. The van der Waals surface area contributed by atoms with Crippen LogP contribution in [0.3, 0.4) is 0 Å². The summed E-state index contributed by atoms with van der Waals surface area (Å²) in [4.78, 5) is 9.93. The SMILES string of the molecule is CCNC(=S)N/N=C/c1ccc(O)c([N+](=O)[O-])c1. The summed E-state index contributed by atoms with van der Waals surface area (Å²) in [5, 5.41) is 26.9. The molecule has 0 bridgehead atoms. The van der Waals surface area contributed by atoms with E-state index in [0.717, 1.165) is 0 Å². The lowest BCUT2D eigenvalue weighted by Gasteiger charge is -2.02. The summed E-state index contributed by atoms with van der Waals surface area (Å²) >= 11 is 4.87. The molecule has 3 N–H and O–H groups in total. The molecule has 0 saturated carbocycles. The lowest BCUT2D eigenvalue weighted by molar-refractivity contribution is -0.385. The van der Waals surface area contributed by atoms with E-state index in [1.165, 1.54) is 24.4 Å². The van der Waals surface area contributed by atoms with Gasteiger partial charge in [0.15, 0.2) is 10.9 Å². The molecule has 0 unspecified atom stereocenters. The van der Waals surface area contributed by atoms with Crippen molar-refractivity contribution in [2.24, 2.45) is 5.10 Å². The molecule has 0 atom stereocenters. The Bertz CT molecular complexity index is 490. The van der Waals surface area contributed by atoms with E-state index in [2.05, 4.69) is 15.8 Å². The van der Waals surface area contributed by atoms with Crippen LogP contribution < -0.4 is 10.7 Å². The molecule has 0 saturated heterocycles. The van der Waals surface area contributed by atoms with Crippen LogP contribution >= 0.6 is 12.2 Å². The Morgan fingerprint density at radius 2 is 2.39 bits per heavy atom. The lowest BCUT2D eigenvalue weighted by atomic mass is 10.2. The fourth-order valence-corrected chi connectivity index (χ4v) is 1.33. The lowest BCUT2D eigenvalue weighted by Crippen LogP contribution is -2.31. The van der Waals surface area contributed by atoms with Gasteiger partial charge in [-0.3, -0.25) is 15.5 Å². The van der Waals surface area contributed by atoms with Gasteiger partial charge in [-0.15, -0.1) is 0 Å². The summed E-state index contributed by atoms with van der Waals surface area (Å²) in [6.45, 7) is 2.56. The Balaban J connectivity index is 2.73. The van der Waals surface area contributed by atoms with E-state index in [1.54, 1.807) is 0 Å². The molecule has 0 aliphatic carbocycles. The Hall–Kier alpha value is -2.22. The molecule has 0 aromatic heterocycles. The predicted octanol–water partition coefficient (Wildman–Crippen LogP) is 1.12. The van der Waals surface area contributed by atoms with Gasteiger partial charge in [0, 0.05) is 18.2 Å². The standard InChI is InChI=1S/C10H12N4O3S/c1-2-11-10(18)13-12-6-7-3-4-9(15)8(5-7)14(16)17/h3-6,15H,2H2,1H3,(H2,11,13,18)/b12-6+. The number of hydrogen-bond acceptors (Lipinski definition) is 5. The Labute approximate surface area is 109 Å². The molecule has 96 valence electrons.